The highest BCUT2D eigenvalue weighted by molar-refractivity contribution is 4.72. The molecule has 0 aliphatic carbocycles. The van der Waals surface area contributed by atoms with E-state index in [9.17, 15) is 4.39 Å². The Labute approximate surface area is 78.6 Å². The molecule has 0 aromatic carbocycles. The number of halogens is 1. The zero-order chi connectivity index (χ0) is 9.52. The van der Waals surface area contributed by atoms with Crippen molar-refractivity contribution in [2.45, 2.75) is 25.0 Å². The zero-order valence-electron chi connectivity index (χ0n) is 8.09. The van der Waals surface area contributed by atoms with Crippen molar-refractivity contribution in [1.29, 1.82) is 0 Å². The van der Waals surface area contributed by atoms with E-state index in [-0.39, 0.29) is 18.8 Å². The summed E-state index contributed by atoms with van der Waals surface area (Å²) in [6, 6.07) is -0.186. The first kappa shape index (κ1) is 10.9. The Morgan fingerprint density at radius 3 is 3.08 bits per heavy atom. The Hall–Kier alpha value is -0.190. The Balaban J connectivity index is 2.07. The van der Waals surface area contributed by atoms with Crippen molar-refractivity contribution >= 4 is 0 Å². The molecule has 13 heavy (non-hydrogen) atoms. The van der Waals surface area contributed by atoms with Gasteiger partial charge in [-0.3, -0.25) is 0 Å². The third-order valence-corrected chi connectivity index (χ3v) is 2.21. The molecule has 2 atom stereocenters. The molecule has 1 heterocycles. The molecule has 1 fully saturated rings. The molecule has 0 amide bonds. The fourth-order valence-electron chi connectivity index (χ4n) is 1.46. The summed E-state index contributed by atoms with van der Waals surface area (Å²) in [5.41, 5.74) is 0. The molecule has 0 saturated carbocycles. The third-order valence-electron chi connectivity index (χ3n) is 2.21. The Kier molecular flexibility index (Phi) is 5.27. The average Bonchev–Trinajstić information content (AvgIpc) is 2.64. The van der Waals surface area contributed by atoms with E-state index in [1.54, 1.807) is 7.11 Å². The van der Waals surface area contributed by atoms with E-state index < -0.39 is 0 Å². The van der Waals surface area contributed by atoms with Crippen LogP contribution < -0.4 is 5.32 Å². The maximum Gasteiger partial charge on any atom is 0.107 e. The smallest absolute Gasteiger partial charge is 0.107 e. The van der Waals surface area contributed by atoms with Gasteiger partial charge in [0, 0.05) is 20.3 Å². The summed E-state index contributed by atoms with van der Waals surface area (Å²) < 4.78 is 22.6. The van der Waals surface area contributed by atoms with Crippen LogP contribution in [0.4, 0.5) is 4.39 Å². The predicted molar refractivity (Wildman–Crippen MR) is 48.6 cm³/mol. The van der Waals surface area contributed by atoms with Gasteiger partial charge in [0.25, 0.3) is 0 Å². The maximum atomic E-state index is 12.3. The molecule has 78 valence electrons. The van der Waals surface area contributed by atoms with Crippen molar-refractivity contribution in [1.82, 2.24) is 5.32 Å². The Morgan fingerprint density at radius 2 is 2.54 bits per heavy atom. The summed E-state index contributed by atoms with van der Waals surface area (Å²) in [7, 11) is 1.58. The number of hydrogen-bond acceptors (Lipinski definition) is 3. The third kappa shape index (κ3) is 4.02. The largest absolute Gasteiger partial charge is 0.383 e. The first-order valence-electron chi connectivity index (χ1n) is 4.76. The second-order valence-corrected chi connectivity index (χ2v) is 3.35. The van der Waals surface area contributed by atoms with Crippen molar-refractivity contribution in [3.8, 4) is 0 Å². The van der Waals surface area contributed by atoms with Gasteiger partial charge in [0.15, 0.2) is 0 Å². The van der Waals surface area contributed by atoms with Gasteiger partial charge in [0.1, 0.15) is 6.67 Å². The number of nitrogens with one attached hydrogen (secondary N) is 1. The van der Waals surface area contributed by atoms with E-state index in [0.29, 0.717) is 6.61 Å². The lowest BCUT2D eigenvalue weighted by Crippen LogP contribution is -2.39. The van der Waals surface area contributed by atoms with Gasteiger partial charge in [-0.1, -0.05) is 0 Å². The Bertz CT molecular complexity index is 129. The first-order chi connectivity index (χ1) is 6.36. The number of methoxy groups -OCH3 is 1. The van der Waals surface area contributed by atoms with Crippen LogP contribution in [0.3, 0.4) is 0 Å². The van der Waals surface area contributed by atoms with E-state index in [2.05, 4.69) is 5.32 Å². The molecule has 0 spiro atoms. The van der Waals surface area contributed by atoms with Crippen LogP contribution in [0, 0.1) is 0 Å². The lowest BCUT2D eigenvalue weighted by atomic mass is 10.2. The normalized spacial score (nSPS) is 24.9. The minimum absolute atomic E-state index is 0.186. The zero-order valence-corrected chi connectivity index (χ0v) is 8.09. The molecule has 1 N–H and O–H groups in total. The molecule has 0 bridgehead atoms. The van der Waals surface area contributed by atoms with Crippen LogP contribution >= 0.6 is 0 Å². The lowest BCUT2D eigenvalue weighted by Gasteiger charge is -2.17. The van der Waals surface area contributed by atoms with Crippen molar-refractivity contribution in [3.63, 3.8) is 0 Å². The van der Waals surface area contributed by atoms with E-state index in [0.717, 1.165) is 26.0 Å². The van der Waals surface area contributed by atoms with Crippen LogP contribution in [-0.2, 0) is 9.47 Å². The quantitative estimate of drug-likeness (QED) is 0.671. The standard InChI is InChI=1S/C9H18FNO2/c1-12-7-8(5-10)11-6-9-3-2-4-13-9/h8-9,11H,2-7H2,1H3. The summed E-state index contributed by atoms with van der Waals surface area (Å²) in [4.78, 5) is 0. The van der Waals surface area contributed by atoms with E-state index >= 15 is 0 Å². The fraction of sp³-hybridized carbons (Fsp3) is 1.00. The minimum atomic E-state index is -0.388. The van der Waals surface area contributed by atoms with Crippen molar-refractivity contribution < 1.29 is 13.9 Å². The van der Waals surface area contributed by atoms with Crippen LogP contribution in [0.2, 0.25) is 0 Å². The van der Waals surface area contributed by atoms with Gasteiger partial charge in [0.05, 0.1) is 18.8 Å². The van der Waals surface area contributed by atoms with Gasteiger partial charge in [-0.25, -0.2) is 4.39 Å². The van der Waals surface area contributed by atoms with E-state index in [1.165, 1.54) is 0 Å². The minimum Gasteiger partial charge on any atom is -0.383 e. The molecular formula is C9H18FNO2. The van der Waals surface area contributed by atoms with Crippen molar-refractivity contribution in [2.75, 3.05) is 33.5 Å². The van der Waals surface area contributed by atoms with Crippen LogP contribution in [-0.4, -0.2) is 45.7 Å². The molecule has 1 aliphatic rings. The summed E-state index contributed by atoms with van der Waals surface area (Å²) >= 11 is 0. The van der Waals surface area contributed by atoms with Crippen molar-refractivity contribution in [2.24, 2.45) is 0 Å². The van der Waals surface area contributed by atoms with Gasteiger partial charge >= 0.3 is 0 Å². The van der Waals surface area contributed by atoms with Crippen molar-refractivity contribution in [3.05, 3.63) is 0 Å². The molecular weight excluding hydrogens is 173 g/mol. The van der Waals surface area contributed by atoms with Gasteiger partial charge in [0.2, 0.25) is 0 Å². The number of alkyl halides is 1. The molecule has 2 unspecified atom stereocenters. The molecule has 1 saturated heterocycles. The predicted octanol–water partition coefficient (Wildman–Crippen LogP) is 0.739. The highest BCUT2D eigenvalue weighted by atomic mass is 19.1. The van der Waals surface area contributed by atoms with Gasteiger partial charge in [-0.05, 0) is 12.8 Å². The topological polar surface area (TPSA) is 30.5 Å². The van der Waals surface area contributed by atoms with E-state index in [1.807, 2.05) is 0 Å². The summed E-state index contributed by atoms with van der Waals surface area (Å²) in [5.74, 6) is 0. The maximum absolute atomic E-state index is 12.3. The molecule has 1 rings (SSSR count). The average molecular weight is 191 g/mol. The molecule has 0 aromatic rings. The van der Waals surface area contributed by atoms with Crippen LogP contribution in [0.1, 0.15) is 12.8 Å². The second-order valence-electron chi connectivity index (χ2n) is 3.35. The molecule has 4 heteroatoms. The second kappa shape index (κ2) is 6.29. The van der Waals surface area contributed by atoms with Crippen LogP contribution in [0.15, 0.2) is 0 Å². The molecule has 3 nitrogen and oxygen atoms in total. The van der Waals surface area contributed by atoms with E-state index in [4.69, 9.17) is 9.47 Å². The Morgan fingerprint density at radius 1 is 1.69 bits per heavy atom. The highest BCUT2D eigenvalue weighted by Crippen LogP contribution is 2.10. The number of ether oxygens (including phenoxy) is 2. The molecule has 0 radical (unpaired) electrons. The van der Waals surface area contributed by atoms with Gasteiger partial charge in [-0.15, -0.1) is 0 Å². The van der Waals surface area contributed by atoms with Gasteiger partial charge < -0.3 is 14.8 Å². The summed E-state index contributed by atoms with van der Waals surface area (Å²) in [5, 5.41) is 3.09. The first-order valence-corrected chi connectivity index (χ1v) is 4.76. The summed E-state index contributed by atoms with van der Waals surface area (Å²) in [6.07, 6.45) is 2.47. The lowest BCUT2D eigenvalue weighted by molar-refractivity contribution is 0.0961. The highest BCUT2D eigenvalue weighted by Gasteiger charge is 2.16. The van der Waals surface area contributed by atoms with Crippen LogP contribution in [0.5, 0.6) is 0 Å². The molecule has 0 aromatic heterocycles. The summed E-state index contributed by atoms with van der Waals surface area (Å²) in [6.45, 7) is 1.61. The molecule has 1 aliphatic heterocycles. The number of hydrogen-bond donors (Lipinski definition) is 1. The van der Waals surface area contributed by atoms with Gasteiger partial charge in [-0.2, -0.15) is 0 Å². The van der Waals surface area contributed by atoms with Crippen LogP contribution in [0.25, 0.3) is 0 Å². The SMILES string of the molecule is COCC(CF)NCC1CCCO1. The fourth-order valence-corrected chi connectivity index (χ4v) is 1.46. The number of rotatable bonds is 6. The monoisotopic (exact) mass is 191 g/mol.